The van der Waals surface area contributed by atoms with Crippen LogP contribution in [0.2, 0.25) is 5.02 Å². The minimum absolute atomic E-state index is 0.298. The minimum atomic E-state index is -0.916. The summed E-state index contributed by atoms with van der Waals surface area (Å²) >= 11 is 5.86. The first-order chi connectivity index (χ1) is 8.49. The molecule has 1 fully saturated rings. The summed E-state index contributed by atoms with van der Waals surface area (Å²) in [6.45, 7) is 6.28. The van der Waals surface area contributed by atoms with Gasteiger partial charge in [0.2, 0.25) is 0 Å². The van der Waals surface area contributed by atoms with Gasteiger partial charge in [-0.1, -0.05) is 25.4 Å². The fourth-order valence-electron chi connectivity index (χ4n) is 2.51. The third-order valence-corrected chi connectivity index (χ3v) is 3.93. The molecule has 0 amide bonds. The van der Waals surface area contributed by atoms with E-state index in [4.69, 9.17) is 11.6 Å². The molecule has 0 radical (unpaired) electrons. The molecule has 0 spiro atoms. The molecule has 18 heavy (non-hydrogen) atoms. The van der Waals surface area contributed by atoms with Crippen LogP contribution in [0.5, 0.6) is 0 Å². The van der Waals surface area contributed by atoms with Crippen molar-refractivity contribution in [2.24, 2.45) is 11.8 Å². The van der Waals surface area contributed by atoms with E-state index in [1.807, 2.05) is 6.07 Å². The molecule has 1 unspecified atom stereocenters. The maximum atomic E-state index is 11.3. The smallest absolute Gasteiger partial charge is 0.337 e. The van der Waals surface area contributed by atoms with Crippen molar-refractivity contribution >= 4 is 23.3 Å². The largest absolute Gasteiger partial charge is 0.478 e. The number of nitrogens with zero attached hydrogens (tertiary/aromatic N) is 1. The van der Waals surface area contributed by atoms with Gasteiger partial charge in [-0.05, 0) is 36.5 Å². The quantitative estimate of drug-likeness (QED) is 0.911. The number of carboxylic acids is 1. The Balaban J connectivity index is 2.27. The predicted octanol–water partition coefficient (Wildman–Crippen LogP) is 3.52. The maximum Gasteiger partial charge on any atom is 0.337 e. The van der Waals surface area contributed by atoms with Crippen molar-refractivity contribution in [3.63, 3.8) is 0 Å². The average Bonchev–Trinajstić information content (AvgIpc) is 2.78. The van der Waals surface area contributed by atoms with Gasteiger partial charge in [-0.3, -0.25) is 0 Å². The van der Waals surface area contributed by atoms with E-state index in [1.165, 1.54) is 6.07 Å². The second-order valence-electron chi connectivity index (χ2n) is 5.21. The van der Waals surface area contributed by atoms with Gasteiger partial charge in [0, 0.05) is 18.1 Å². The fraction of sp³-hybridized carbons (Fsp3) is 0.500. The van der Waals surface area contributed by atoms with Crippen LogP contribution in [0.1, 0.15) is 30.6 Å². The number of carboxylic acid groups (broad SMARTS) is 1. The lowest BCUT2D eigenvalue weighted by atomic mass is 9.95. The second kappa shape index (κ2) is 5.19. The fourth-order valence-corrected chi connectivity index (χ4v) is 2.68. The number of rotatable bonds is 3. The maximum absolute atomic E-state index is 11.3. The first-order valence-corrected chi connectivity index (χ1v) is 6.64. The minimum Gasteiger partial charge on any atom is -0.478 e. The highest BCUT2D eigenvalue weighted by molar-refractivity contribution is 6.31. The zero-order chi connectivity index (χ0) is 13.3. The Morgan fingerprint density at radius 1 is 1.50 bits per heavy atom. The highest BCUT2D eigenvalue weighted by Gasteiger charge is 2.27. The number of halogens is 1. The Hall–Kier alpha value is -1.22. The second-order valence-corrected chi connectivity index (χ2v) is 5.64. The highest BCUT2D eigenvalue weighted by Crippen LogP contribution is 2.31. The van der Waals surface area contributed by atoms with Crippen molar-refractivity contribution in [2.75, 3.05) is 18.0 Å². The normalized spacial score (nSPS) is 19.6. The van der Waals surface area contributed by atoms with Gasteiger partial charge in [-0.25, -0.2) is 4.79 Å². The summed E-state index contributed by atoms with van der Waals surface area (Å²) in [6, 6.07) is 5.10. The Bertz CT molecular complexity index is 459. The van der Waals surface area contributed by atoms with Gasteiger partial charge in [0.25, 0.3) is 0 Å². The Labute approximate surface area is 112 Å². The molecule has 4 heteroatoms. The zero-order valence-corrected chi connectivity index (χ0v) is 11.4. The molecule has 1 aromatic rings. The van der Waals surface area contributed by atoms with Crippen LogP contribution < -0.4 is 4.90 Å². The third-order valence-electron chi connectivity index (χ3n) is 3.70. The topological polar surface area (TPSA) is 40.5 Å². The number of hydrogen-bond acceptors (Lipinski definition) is 2. The highest BCUT2D eigenvalue weighted by atomic mass is 35.5. The summed E-state index contributed by atoms with van der Waals surface area (Å²) in [5.74, 6) is 0.360. The van der Waals surface area contributed by atoms with Crippen LogP contribution in [0.3, 0.4) is 0 Å². The van der Waals surface area contributed by atoms with E-state index in [2.05, 4.69) is 18.7 Å². The lowest BCUT2D eigenvalue weighted by Crippen LogP contribution is -2.23. The van der Waals surface area contributed by atoms with Crippen LogP contribution >= 0.6 is 11.6 Å². The van der Waals surface area contributed by atoms with Crippen LogP contribution in [0, 0.1) is 11.8 Å². The summed E-state index contributed by atoms with van der Waals surface area (Å²) in [4.78, 5) is 13.4. The number of hydrogen-bond donors (Lipinski definition) is 1. The van der Waals surface area contributed by atoms with Crippen molar-refractivity contribution in [1.29, 1.82) is 0 Å². The predicted molar refractivity (Wildman–Crippen MR) is 73.6 cm³/mol. The molecule has 1 aromatic carbocycles. The molecule has 3 nitrogen and oxygen atoms in total. The van der Waals surface area contributed by atoms with Crippen LogP contribution in [-0.4, -0.2) is 24.2 Å². The number of carbonyl (C=O) groups is 1. The van der Waals surface area contributed by atoms with Crippen LogP contribution in [0.15, 0.2) is 18.2 Å². The molecule has 1 aliphatic heterocycles. The molecule has 1 N–H and O–H groups in total. The Kier molecular flexibility index (Phi) is 3.81. The molecular weight excluding hydrogens is 250 g/mol. The summed E-state index contributed by atoms with van der Waals surface area (Å²) in [7, 11) is 0. The molecule has 1 atom stereocenters. The van der Waals surface area contributed by atoms with Crippen molar-refractivity contribution in [2.45, 2.75) is 20.3 Å². The number of aromatic carboxylic acids is 1. The molecule has 1 aliphatic rings. The SMILES string of the molecule is CC(C)C1CCN(c2ccc(Cl)cc2C(=O)O)C1. The standard InChI is InChI=1S/C14H18ClNO2/c1-9(2)10-5-6-16(8-10)13-4-3-11(15)7-12(13)14(17)18/h3-4,7,9-10H,5-6,8H2,1-2H3,(H,17,18). The third kappa shape index (κ3) is 2.61. The van der Waals surface area contributed by atoms with Gasteiger partial charge < -0.3 is 10.0 Å². The van der Waals surface area contributed by atoms with Crippen molar-refractivity contribution in [3.8, 4) is 0 Å². The van der Waals surface area contributed by atoms with Crippen molar-refractivity contribution < 1.29 is 9.90 Å². The van der Waals surface area contributed by atoms with Crippen molar-refractivity contribution in [1.82, 2.24) is 0 Å². The molecule has 0 bridgehead atoms. The monoisotopic (exact) mass is 267 g/mol. The van der Waals surface area contributed by atoms with E-state index < -0.39 is 5.97 Å². The number of anilines is 1. The van der Waals surface area contributed by atoms with E-state index in [1.54, 1.807) is 6.07 Å². The van der Waals surface area contributed by atoms with Gasteiger partial charge in [0.05, 0.1) is 11.3 Å². The van der Waals surface area contributed by atoms with E-state index in [0.29, 0.717) is 22.4 Å². The van der Waals surface area contributed by atoms with Gasteiger partial charge in [-0.15, -0.1) is 0 Å². The van der Waals surface area contributed by atoms with Gasteiger partial charge >= 0.3 is 5.97 Å². The van der Waals surface area contributed by atoms with Crippen LogP contribution in [0.4, 0.5) is 5.69 Å². The van der Waals surface area contributed by atoms with E-state index in [9.17, 15) is 9.90 Å². The van der Waals surface area contributed by atoms with E-state index in [-0.39, 0.29) is 0 Å². The van der Waals surface area contributed by atoms with E-state index in [0.717, 1.165) is 25.2 Å². The summed E-state index contributed by atoms with van der Waals surface area (Å²) < 4.78 is 0. The lowest BCUT2D eigenvalue weighted by molar-refractivity contribution is 0.0697. The van der Waals surface area contributed by atoms with E-state index >= 15 is 0 Å². The molecule has 0 aliphatic carbocycles. The first kappa shape index (κ1) is 13.2. The Morgan fingerprint density at radius 3 is 2.78 bits per heavy atom. The summed E-state index contributed by atoms with van der Waals surface area (Å²) in [6.07, 6.45) is 1.12. The molecule has 98 valence electrons. The van der Waals surface area contributed by atoms with Crippen molar-refractivity contribution in [3.05, 3.63) is 28.8 Å². The van der Waals surface area contributed by atoms with Gasteiger partial charge in [-0.2, -0.15) is 0 Å². The average molecular weight is 268 g/mol. The van der Waals surface area contributed by atoms with Crippen LogP contribution in [0.25, 0.3) is 0 Å². The Morgan fingerprint density at radius 2 is 2.22 bits per heavy atom. The van der Waals surface area contributed by atoms with Crippen LogP contribution in [-0.2, 0) is 0 Å². The summed E-state index contributed by atoms with van der Waals surface area (Å²) in [5.41, 5.74) is 1.09. The summed E-state index contributed by atoms with van der Waals surface area (Å²) in [5, 5.41) is 9.71. The molecule has 0 aromatic heterocycles. The molecule has 1 saturated heterocycles. The lowest BCUT2D eigenvalue weighted by Gasteiger charge is -2.22. The molecule has 0 saturated carbocycles. The molecule has 1 heterocycles. The first-order valence-electron chi connectivity index (χ1n) is 6.27. The zero-order valence-electron chi connectivity index (χ0n) is 10.7. The van der Waals surface area contributed by atoms with Gasteiger partial charge in [0.15, 0.2) is 0 Å². The van der Waals surface area contributed by atoms with Gasteiger partial charge in [0.1, 0.15) is 0 Å². The number of benzene rings is 1. The molecular formula is C14H18ClNO2. The molecule has 2 rings (SSSR count).